The minimum atomic E-state index is 0. The predicted molar refractivity (Wildman–Crippen MR) is 78.5 cm³/mol. The van der Waals surface area contributed by atoms with Gasteiger partial charge in [0.25, 0.3) is 0 Å². The van der Waals surface area contributed by atoms with Crippen molar-refractivity contribution in [2.75, 3.05) is 13.1 Å². The number of nitrogens with one attached hydrogen (secondary N) is 1. The van der Waals surface area contributed by atoms with Crippen molar-refractivity contribution in [3.8, 4) is 0 Å². The lowest BCUT2D eigenvalue weighted by atomic mass is 9.78. The zero-order valence-electron chi connectivity index (χ0n) is 11.0. The van der Waals surface area contributed by atoms with Crippen LogP contribution in [0.3, 0.4) is 0 Å². The Kier molecular flexibility index (Phi) is 4.16. The second-order valence-corrected chi connectivity index (χ2v) is 5.50. The third-order valence-electron chi connectivity index (χ3n) is 4.46. The molecule has 1 aromatic rings. The molecule has 1 spiro atoms. The maximum Gasteiger partial charge on any atom is 0.224 e. The monoisotopic (exact) mass is 280 g/mol. The number of rotatable bonds is 3. The lowest BCUT2D eigenvalue weighted by molar-refractivity contribution is -0.122. The van der Waals surface area contributed by atoms with Gasteiger partial charge >= 0.3 is 0 Å². The maximum atomic E-state index is 12.1. The summed E-state index contributed by atoms with van der Waals surface area (Å²) in [5.41, 5.74) is 8.44. The molecule has 19 heavy (non-hydrogen) atoms. The molecular formula is C15H21ClN2O. The normalized spacial score (nSPS) is 27.3. The molecule has 3 N–H and O–H groups in total. The number of nitrogens with two attached hydrogens (primary N) is 1. The molecule has 0 radical (unpaired) electrons. The fourth-order valence-corrected chi connectivity index (χ4v) is 3.49. The van der Waals surface area contributed by atoms with Crippen LogP contribution in [0.5, 0.6) is 0 Å². The highest BCUT2D eigenvalue weighted by atomic mass is 35.5. The average Bonchev–Trinajstić information content (AvgIpc) is 3.12. The standard InChI is InChI=1S/C15H20N2O.ClH/c16-8-9-17-14(18)13-10-15(13)7-3-5-11-4-1-2-6-12(11)15;/h1-2,4,6,13H,3,5,7-10,16H2,(H,17,18);1H. The van der Waals surface area contributed by atoms with Gasteiger partial charge in [0.15, 0.2) is 0 Å². The van der Waals surface area contributed by atoms with E-state index in [2.05, 4.69) is 29.6 Å². The Morgan fingerprint density at radius 1 is 1.42 bits per heavy atom. The summed E-state index contributed by atoms with van der Waals surface area (Å²) in [5.74, 6) is 0.364. The molecule has 1 fully saturated rings. The quantitative estimate of drug-likeness (QED) is 0.887. The predicted octanol–water partition coefficient (Wildman–Crippen LogP) is 1.78. The minimum absolute atomic E-state index is 0. The van der Waals surface area contributed by atoms with Crippen LogP contribution in [-0.4, -0.2) is 19.0 Å². The Labute approximate surface area is 120 Å². The van der Waals surface area contributed by atoms with Crippen molar-refractivity contribution >= 4 is 18.3 Å². The third-order valence-corrected chi connectivity index (χ3v) is 4.46. The number of hydrogen-bond acceptors (Lipinski definition) is 2. The van der Waals surface area contributed by atoms with E-state index in [-0.39, 0.29) is 29.6 Å². The van der Waals surface area contributed by atoms with Gasteiger partial charge in [-0.05, 0) is 36.8 Å². The van der Waals surface area contributed by atoms with E-state index in [0.717, 1.165) is 19.3 Å². The van der Waals surface area contributed by atoms with Gasteiger partial charge in [-0.2, -0.15) is 0 Å². The van der Waals surface area contributed by atoms with Crippen LogP contribution >= 0.6 is 12.4 Å². The molecule has 0 heterocycles. The SMILES string of the molecule is Cl.NCCNC(=O)C1CC12CCCc1ccccc12. The Bertz CT molecular complexity index is 477. The zero-order valence-corrected chi connectivity index (χ0v) is 11.8. The van der Waals surface area contributed by atoms with Crippen LogP contribution < -0.4 is 11.1 Å². The summed E-state index contributed by atoms with van der Waals surface area (Å²) >= 11 is 0. The number of amides is 1. The summed E-state index contributed by atoms with van der Waals surface area (Å²) in [4.78, 5) is 12.1. The van der Waals surface area contributed by atoms with Gasteiger partial charge in [-0.1, -0.05) is 24.3 Å². The lowest BCUT2D eigenvalue weighted by Crippen LogP contribution is -2.33. The summed E-state index contributed by atoms with van der Waals surface area (Å²) in [6.45, 7) is 1.11. The molecular weight excluding hydrogens is 260 g/mol. The molecule has 2 unspecified atom stereocenters. The summed E-state index contributed by atoms with van der Waals surface area (Å²) in [6, 6.07) is 8.62. The van der Waals surface area contributed by atoms with Gasteiger partial charge in [0.2, 0.25) is 5.91 Å². The van der Waals surface area contributed by atoms with Crippen LogP contribution in [0.1, 0.15) is 30.4 Å². The van der Waals surface area contributed by atoms with Crippen molar-refractivity contribution in [2.24, 2.45) is 11.7 Å². The lowest BCUT2D eigenvalue weighted by Gasteiger charge is -2.26. The van der Waals surface area contributed by atoms with Gasteiger partial charge in [-0.3, -0.25) is 4.79 Å². The van der Waals surface area contributed by atoms with E-state index >= 15 is 0 Å². The first-order valence-corrected chi connectivity index (χ1v) is 6.84. The van der Waals surface area contributed by atoms with Gasteiger partial charge in [-0.25, -0.2) is 0 Å². The molecule has 0 aromatic heterocycles. The highest BCUT2D eigenvalue weighted by Gasteiger charge is 2.59. The number of carbonyl (C=O) groups excluding carboxylic acids is 1. The van der Waals surface area contributed by atoms with E-state index in [1.165, 1.54) is 17.5 Å². The third kappa shape index (κ3) is 2.37. The second kappa shape index (κ2) is 5.51. The van der Waals surface area contributed by atoms with Crippen LogP contribution in [0.4, 0.5) is 0 Å². The van der Waals surface area contributed by atoms with E-state index in [0.29, 0.717) is 13.1 Å². The van der Waals surface area contributed by atoms with Crippen molar-refractivity contribution in [2.45, 2.75) is 31.1 Å². The fraction of sp³-hybridized carbons (Fsp3) is 0.533. The molecule has 0 bridgehead atoms. The largest absolute Gasteiger partial charge is 0.355 e. The first-order valence-electron chi connectivity index (χ1n) is 6.84. The van der Waals surface area contributed by atoms with Crippen molar-refractivity contribution in [3.05, 3.63) is 35.4 Å². The number of hydrogen-bond donors (Lipinski definition) is 2. The Hall–Kier alpha value is -1.06. The molecule has 2 aliphatic carbocycles. The average molecular weight is 281 g/mol. The van der Waals surface area contributed by atoms with Crippen LogP contribution in [0, 0.1) is 5.92 Å². The van der Waals surface area contributed by atoms with Crippen LogP contribution in [-0.2, 0) is 16.6 Å². The van der Waals surface area contributed by atoms with Crippen LogP contribution in [0.25, 0.3) is 0 Å². The summed E-state index contributed by atoms with van der Waals surface area (Å²) in [6.07, 6.45) is 4.54. The number of fused-ring (bicyclic) bond motifs is 2. The molecule has 2 aliphatic rings. The molecule has 4 heteroatoms. The van der Waals surface area contributed by atoms with E-state index in [9.17, 15) is 4.79 Å². The first kappa shape index (κ1) is 14.4. The van der Waals surface area contributed by atoms with Crippen molar-refractivity contribution < 1.29 is 4.79 Å². The molecule has 1 aromatic carbocycles. The molecule has 104 valence electrons. The summed E-state index contributed by atoms with van der Waals surface area (Å²) in [5, 5.41) is 2.93. The number of benzene rings is 1. The van der Waals surface area contributed by atoms with Gasteiger partial charge in [0.1, 0.15) is 0 Å². The van der Waals surface area contributed by atoms with Gasteiger partial charge < -0.3 is 11.1 Å². The smallest absolute Gasteiger partial charge is 0.224 e. The molecule has 2 atom stereocenters. The van der Waals surface area contributed by atoms with E-state index in [1.807, 2.05) is 0 Å². The van der Waals surface area contributed by atoms with Gasteiger partial charge in [0, 0.05) is 24.4 Å². The molecule has 3 nitrogen and oxygen atoms in total. The Morgan fingerprint density at radius 3 is 3.00 bits per heavy atom. The topological polar surface area (TPSA) is 55.1 Å². The summed E-state index contributed by atoms with van der Waals surface area (Å²) in [7, 11) is 0. The van der Waals surface area contributed by atoms with Crippen molar-refractivity contribution in [3.63, 3.8) is 0 Å². The molecule has 3 rings (SSSR count). The zero-order chi connectivity index (χ0) is 12.6. The second-order valence-electron chi connectivity index (χ2n) is 5.50. The molecule has 1 amide bonds. The van der Waals surface area contributed by atoms with Gasteiger partial charge in [-0.15, -0.1) is 12.4 Å². The van der Waals surface area contributed by atoms with Crippen LogP contribution in [0.2, 0.25) is 0 Å². The highest BCUT2D eigenvalue weighted by Crippen LogP contribution is 2.60. The summed E-state index contributed by atoms with van der Waals surface area (Å²) < 4.78 is 0. The van der Waals surface area contributed by atoms with E-state index in [1.54, 1.807) is 0 Å². The molecule has 0 aliphatic heterocycles. The number of carbonyl (C=O) groups is 1. The first-order chi connectivity index (χ1) is 8.78. The number of halogens is 1. The van der Waals surface area contributed by atoms with E-state index in [4.69, 9.17) is 5.73 Å². The van der Waals surface area contributed by atoms with Gasteiger partial charge in [0.05, 0.1) is 0 Å². The highest BCUT2D eigenvalue weighted by molar-refractivity contribution is 5.85. The van der Waals surface area contributed by atoms with Crippen molar-refractivity contribution in [1.29, 1.82) is 0 Å². The molecule has 0 saturated heterocycles. The fourth-order valence-electron chi connectivity index (χ4n) is 3.49. The van der Waals surface area contributed by atoms with Crippen molar-refractivity contribution in [1.82, 2.24) is 5.32 Å². The van der Waals surface area contributed by atoms with E-state index < -0.39 is 0 Å². The Balaban J connectivity index is 0.00000133. The maximum absolute atomic E-state index is 12.1. The Morgan fingerprint density at radius 2 is 2.21 bits per heavy atom. The number of aryl methyl sites for hydroxylation is 1. The van der Waals surface area contributed by atoms with Crippen LogP contribution in [0.15, 0.2) is 24.3 Å². The molecule has 1 saturated carbocycles. The minimum Gasteiger partial charge on any atom is -0.355 e.